The van der Waals surface area contributed by atoms with Crippen LogP contribution in [0.25, 0.3) is 0 Å². The third kappa shape index (κ3) is 4.98. The third-order valence-electron chi connectivity index (χ3n) is 2.55. The molecule has 0 saturated heterocycles. The Morgan fingerprint density at radius 3 is 3.13 bits per heavy atom. The Balaban J connectivity index is 2.53. The van der Waals surface area contributed by atoms with Gasteiger partial charge in [-0.1, -0.05) is 25.5 Å². The minimum atomic E-state index is -0.404. The van der Waals surface area contributed by atoms with Gasteiger partial charge in [0, 0.05) is 12.8 Å². The van der Waals surface area contributed by atoms with E-state index < -0.39 is 6.10 Å². The molecule has 0 aromatic rings. The molecule has 0 bridgehead atoms. The molecular weight excluding hydrogens is 192 g/mol. The monoisotopic (exact) mass is 212 g/mol. The molecule has 0 radical (unpaired) electrons. The van der Waals surface area contributed by atoms with Gasteiger partial charge in [0.2, 0.25) is 0 Å². The predicted molar refractivity (Wildman–Crippen MR) is 58.4 cm³/mol. The topological polar surface area (TPSA) is 46.5 Å². The first-order valence-electron chi connectivity index (χ1n) is 5.76. The van der Waals surface area contributed by atoms with E-state index in [0.29, 0.717) is 19.3 Å². The van der Waals surface area contributed by atoms with Crippen LogP contribution in [0, 0.1) is 0 Å². The molecule has 0 aliphatic carbocycles. The molecule has 1 aliphatic rings. The summed E-state index contributed by atoms with van der Waals surface area (Å²) in [5, 5.41) is 9.49. The number of carbonyl (C=O) groups is 1. The molecule has 0 aromatic heterocycles. The van der Waals surface area contributed by atoms with Gasteiger partial charge < -0.3 is 9.84 Å². The van der Waals surface area contributed by atoms with Crippen LogP contribution in [0.1, 0.15) is 45.4 Å². The van der Waals surface area contributed by atoms with Crippen molar-refractivity contribution in [3.63, 3.8) is 0 Å². The van der Waals surface area contributed by atoms with Gasteiger partial charge >= 0.3 is 5.97 Å². The van der Waals surface area contributed by atoms with Crippen LogP contribution in [0.2, 0.25) is 0 Å². The van der Waals surface area contributed by atoms with Gasteiger partial charge in [0.15, 0.2) is 0 Å². The number of esters is 1. The van der Waals surface area contributed by atoms with Gasteiger partial charge in [-0.15, -0.1) is 0 Å². The number of hydrogen-bond acceptors (Lipinski definition) is 3. The first kappa shape index (κ1) is 12.2. The Bertz CT molecular complexity index is 223. The smallest absolute Gasteiger partial charge is 0.306 e. The average molecular weight is 212 g/mol. The molecule has 1 heterocycles. The first-order valence-corrected chi connectivity index (χ1v) is 5.76. The van der Waals surface area contributed by atoms with Crippen molar-refractivity contribution in [1.82, 2.24) is 0 Å². The number of rotatable bonds is 2. The highest BCUT2D eigenvalue weighted by atomic mass is 16.5. The molecule has 0 amide bonds. The summed E-state index contributed by atoms with van der Waals surface area (Å²) < 4.78 is 5.33. The summed E-state index contributed by atoms with van der Waals surface area (Å²) in [5.74, 6) is -0.129. The van der Waals surface area contributed by atoms with Crippen LogP contribution < -0.4 is 0 Å². The molecule has 1 aliphatic heterocycles. The van der Waals surface area contributed by atoms with E-state index >= 15 is 0 Å². The van der Waals surface area contributed by atoms with Crippen molar-refractivity contribution in [2.45, 2.75) is 57.7 Å². The van der Waals surface area contributed by atoms with Gasteiger partial charge in [0.1, 0.15) is 6.10 Å². The van der Waals surface area contributed by atoms with Gasteiger partial charge in [-0.3, -0.25) is 4.79 Å². The second-order valence-corrected chi connectivity index (χ2v) is 4.02. The van der Waals surface area contributed by atoms with Gasteiger partial charge in [-0.05, 0) is 19.3 Å². The molecule has 1 N–H and O–H groups in total. The highest BCUT2D eigenvalue weighted by molar-refractivity contribution is 5.69. The maximum atomic E-state index is 11.4. The van der Waals surface area contributed by atoms with E-state index in [1.54, 1.807) is 0 Å². The van der Waals surface area contributed by atoms with Crippen molar-refractivity contribution in [3.8, 4) is 0 Å². The summed E-state index contributed by atoms with van der Waals surface area (Å²) in [6.07, 6.45) is 7.70. The molecule has 0 spiro atoms. The number of carbonyl (C=O) groups excluding carboxylic acids is 1. The van der Waals surface area contributed by atoms with Crippen molar-refractivity contribution in [2.75, 3.05) is 0 Å². The zero-order chi connectivity index (χ0) is 11.1. The lowest BCUT2D eigenvalue weighted by Crippen LogP contribution is -2.19. The maximum absolute atomic E-state index is 11.4. The number of cyclic esters (lactones) is 1. The average Bonchev–Trinajstić information content (AvgIpc) is 2.17. The molecule has 1 rings (SSSR count). The molecule has 3 nitrogen and oxygen atoms in total. The van der Waals surface area contributed by atoms with Gasteiger partial charge in [-0.2, -0.15) is 0 Å². The zero-order valence-corrected chi connectivity index (χ0v) is 9.32. The SMILES string of the molecule is CCC[C@H]1C/C=C\[C@@H](O)CCCC(=O)O1. The Morgan fingerprint density at radius 2 is 2.40 bits per heavy atom. The van der Waals surface area contributed by atoms with E-state index in [0.717, 1.165) is 19.3 Å². The summed E-state index contributed by atoms with van der Waals surface area (Å²) in [4.78, 5) is 11.4. The van der Waals surface area contributed by atoms with Crippen LogP contribution in [0.15, 0.2) is 12.2 Å². The van der Waals surface area contributed by atoms with Crippen molar-refractivity contribution in [1.29, 1.82) is 0 Å². The van der Waals surface area contributed by atoms with Gasteiger partial charge in [0.05, 0.1) is 6.10 Å². The Morgan fingerprint density at radius 1 is 1.60 bits per heavy atom. The van der Waals surface area contributed by atoms with Crippen molar-refractivity contribution in [3.05, 3.63) is 12.2 Å². The van der Waals surface area contributed by atoms with Crippen LogP contribution in [0.5, 0.6) is 0 Å². The summed E-state index contributed by atoms with van der Waals surface area (Å²) in [6, 6.07) is 0. The van der Waals surface area contributed by atoms with E-state index in [4.69, 9.17) is 4.74 Å². The van der Waals surface area contributed by atoms with Crippen molar-refractivity contribution < 1.29 is 14.6 Å². The molecule has 0 unspecified atom stereocenters. The van der Waals surface area contributed by atoms with Crippen LogP contribution >= 0.6 is 0 Å². The van der Waals surface area contributed by atoms with Crippen molar-refractivity contribution >= 4 is 5.97 Å². The van der Waals surface area contributed by atoms with E-state index in [1.807, 2.05) is 12.2 Å². The number of hydrogen-bond donors (Lipinski definition) is 1. The minimum Gasteiger partial charge on any atom is -0.462 e. The predicted octanol–water partition coefficient (Wildman–Crippen LogP) is 2.19. The first-order chi connectivity index (χ1) is 7.22. The number of ether oxygens (including phenoxy) is 1. The van der Waals surface area contributed by atoms with Gasteiger partial charge in [0.25, 0.3) is 0 Å². The second-order valence-electron chi connectivity index (χ2n) is 4.02. The van der Waals surface area contributed by atoms with E-state index in [1.165, 1.54) is 0 Å². The Kier molecular flexibility index (Phi) is 5.40. The second kappa shape index (κ2) is 6.62. The quantitative estimate of drug-likeness (QED) is 0.563. The van der Waals surface area contributed by atoms with Crippen molar-refractivity contribution in [2.24, 2.45) is 0 Å². The molecule has 0 aromatic carbocycles. The zero-order valence-electron chi connectivity index (χ0n) is 9.32. The Labute approximate surface area is 91.1 Å². The fraction of sp³-hybridized carbons (Fsp3) is 0.750. The standard InChI is InChI=1S/C12H20O3/c1-2-5-11-8-3-6-10(13)7-4-9-12(14)15-11/h3,6,10-11,13H,2,4-5,7-9H2,1H3/b6-3-/t10-,11+/m1/s1. The van der Waals surface area contributed by atoms with Crippen LogP contribution in [0.3, 0.4) is 0 Å². The molecule has 2 atom stereocenters. The van der Waals surface area contributed by atoms with E-state index in [9.17, 15) is 9.90 Å². The fourth-order valence-corrected chi connectivity index (χ4v) is 1.73. The number of aliphatic hydroxyl groups excluding tert-OH is 1. The molecule has 86 valence electrons. The number of aliphatic hydroxyl groups is 1. The fourth-order valence-electron chi connectivity index (χ4n) is 1.73. The minimum absolute atomic E-state index is 0.0101. The lowest BCUT2D eigenvalue weighted by Gasteiger charge is -2.17. The van der Waals surface area contributed by atoms with Crippen LogP contribution in [0.4, 0.5) is 0 Å². The summed E-state index contributed by atoms with van der Waals surface area (Å²) in [7, 11) is 0. The molecular formula is C12H20O3. The molecule has 0 saturated carbocycles. The summed E-state index contributed by atoms with van der Waals surface area (Å²) in [6.45, 7) is 2.07. The largest absolute Gasteiger partial charge is 0.462 e. The van der Waals surface area contributed by atoms with E-state index in [2.05, 4.69) is 6.92 Å². The molecule has 0 fully saturated rings. The van der Waals surface area contributed by atoms with E-state index in [-0.39, 0.29) is 12.1 Å². The summed E-state index contributed by atoms with van der Waals surface area (Å²) in [5.41, 5.74) is 0. The highest BCUT2D eigenvalue weighted by Gasteiger charge is 2.14. The summed E-state index contributed by atoms with van der Waals surface area (Å²) >= 11 is 0. The highest BCUT2D eigenvalue weighted by Crippen LogP contribution is 2.13. The normalized spacial score (nSPS) is 30.7. The maximum Gasteiger partial charge on any atom is 0.306 e. The lowest BCUT2D eigenvalue weighted by atomic mass is 10.1. The van der Waals surface area contributed by atoms with Crippen LogP contribution in [-0.4, -0.2) is 23.3 Å². The van der Waals surface area contributed by atoms with Gasteiger partial charge in [-0.25, -0.2) is 0 Å². The Hall–Kier alpha value is -0.830. The molecule has 15 heavy (non-hydrogen) atoms. The third-order valence-corrected chi connectivity index (χ3v) is 2.55. The lowest BCUT2D eigenvalue weighted by molar-refractivity contribution is -0.149. The molecule has 3 heteroatoms. The van der Waals surface area contributed by atoms with Crippen LogP contribution in [-0.2, 0) is 9.53 Å².